The standard InChI is InChI=1S/C21H28N4O6/c1-3-30-19(26)15-8-10-24(11-9-15)12-17-13-25(21(28)31-17)16-6-4-14(5-7-16)18(22)23-20(27)29-2/h4-7,15,17H,3,8-13H2,1-2H3,(H2,22,23,27). The van der Waals surface area contributed by atoms with Crippen LogP contribution in [-0.2, 0) is 19.0 Å². The van der Waals surface area contributed by atoms with Crippen LogP contribution in [0.15, 0.2) is 29.3 Å². The molecule has 1 atom stereocenters. The van der Waals surface area contributed by atoms with E-state index in [-0.39, 0.29) is 23.8 Å². The fourth-order valence-corrected chi connectivity index (χ4v) is 3.75. The molecule has 1 unspecified atom stereocenters. The van der Waals surface area contributed by atoms with Gasteiger partial charge in [-0.2, -0.15) is 4.99 Å². The molecule has 0 spiro atoms. The molecular weight excluding hydrogens is 404 g/mol. The van der Waals surface area contributed by atoms with E-state index in [0.717, 1.165) is 25.9 Å². The van der Waals surface area contributed by atoms with Gasteiger partial charge in [0.15, 0.2) is 0 Å². The van der Waals surface area contributed by atoms with Crippen LogP contribution in [0, 0.1) is 5.92 Å². The highest BCUT2D eigenvalue weighted by molar-refractivity contribution is 6.03. The van der Waals surface area contributed by atoms with Crippen LogP contribution in [0.1, 0.15) is 25.3 Å². The number of nitrogens with two attached hydrogens (primary N) is 1. The normalized spacial score (nSPS) is 20.5. The average Bonchev–Trinajstić information content (AvgIpc) is 3.14. The second-order valence-corrected chi connectivity index (χ2v) is 7.46. The molecule has 2 saturated heterocycles. The predicted octanol–water partition coefficient (Wildman–Crippen LogP) is 1.76. The molecule has 3 rings (SSSR count). The van der Waals surface area contributed by atoms with E-state index >= 15 is 0 Å². The first kappa shape index (κ1) is 22.5. The van der Waals surface area contributed by atoms with Gasteiger partial charge in [0.05, 0.1) is 26.2 Å². The number of hydrogen-bond acceptors (Lipinski definition) is 7. The summed E-state index contributed by atoms with van der Waals surface area (Å²) in [6, 6.07) is 6.81. The van der Waals surface area contributed by atoms with Gasteiger partial charge >= 0.3 is 18.2 Å². The third-order valence-corrected chi connectivity index (χ3v) is 5.40. The third-order valence-electron chi connectivity index (χ3n) is 5.40. The summed E-state index contributed by atoms with van der Waals surface area (Å²) in [5.41, 5.74) is 7.00. The number of likely N-dealkylation sites (tertiary alicyclic amines) is 1. The molecule has 2 fully saturated rings. The lowest BCUT2D eigenvalue weighted by Gasteiger charge is -2.31. The Bertz CT molecular complexity index is 833. The number of cyclic esters (lactones) is 1. The van der Waals surface area contributed by atoms with Crippen molar-refractivity contribution in [2.24, 2.45) is 16.6 Å². The number of amidine groups is 1. The van der Waals surface area contributed by atoms with Gasteiger partial charge in [0.2, 0.25) is 0 Å². The smallest absolute Gasteiger partial charge is 0.435 e. The second-order valence-electron chi connectivity index (χ2n) is 7.46. The van der Waals surface area contributed by atoms with Crippen LogP contribution >= 0.6 is 0 Å². The molecule has 0 saturated carbocycles. The van der Waals surface area contributed by atoms with Crippen LogP contribution < -0.4 is 10.6 Å². The minimum atomic E-state index is -0.779. The van der Waals surface area contributed by atoms with E-state index in [1.165, 1.54) is 7.11 Å². The molecule has 0 aliphatic carbocycles. The zero-order valence-electron chi connectivity index (χ0n) is 17.8. The highest BCUT2D eigenvalue weighted by atomic mass is 16.6. The van der Waals surface area contributed by atoms with Crippen molar-refractivity contribution in [3.05, 3.63) is 29.8 Å². The van der Waals surface area contributed by atoms with Crippen LogP contribution in [0.4, 0.5) is 15.3 Å². The van der Waals surface area contributed by atoms with Crippen LogP contribution in [0.2, 0.25) is 0 Å². The number of rotatable bonds is 6. The molecule has 2 aliphatic rings. The van der Waals surface area contributed by atoms with Gasteiger partial charge in [-0.05, 0) is 57.1 Å². The molecular formula is C21H28N4O6. The number of ether oxygens (including phenoxy) is 3. The number of nitrogens with zero attached hydrogens (tertiary/aromatic N) is 3. The van der Waals surface area contributed by atoms with E-state index in [1.807, 2.05) is 6.92 Å². The van der Waals surface area contributed by atoms with Gasteiger partial charge < -0.3 is 19.9 Å². The molecule has 1 aromatic carbocycles. The summed E-state index contributed by atoms with van der Waals surface area (Å²) < 4.78 is 15.1. The van der Waals surface area contributed by atoms with E-state index in [4.69, 9.17) is 15.2 Å². The van der Waals surface area contributed by atoms with Gasteiger partial charge in [0, 0.05) is 17.8 Å². The molecule has 168 valence electrons. The number of benzene rings is 1. The summed E-state index contributed by atoms with van der Waals surface area (Å²) in [7, 11) is 1.22. The van der Waals surface area contributed by atoms with Gasteiger partial charge in [-0.25, -0.2) is 9.59 Å². The van der Waals surface area contributed by atoms with Crippen LogP contribution in [0.5, 0.6) is 0 Å². The number of esters is 1. The number of hydrogen-bond donors (Lipinski definition) is 1. The molecule has 2 amide bonds. The summed E-state index contributed by atoms with van der Waals surface area (Å²) >= 11 is 0. The number of carbonyl (C=O) groups excluding carboxylic acids is 3. The molecule has 10 nitrogen and oxygen atoms in total. The summed E-state index contributed by atoms with van der Waals surface area (Å²) in [5, 5.41) is 0. The van der Waals surface area contributed by atoms with E-state index in [2.05, 4.69) is 14.6 Å². The minimum absolute atomic E-state index is 0.0338. The molecule has 10 heteroatoms. The zero-order chi connectivity index (χ0) is 22.4. The van der Waals surface area contributed by atoms with E-state index in [9.17, 15) is 14.4 Å². The summed E-state index contributed by atoms with van der Waals surface area (Å²) in [6.07, 6.45) is 0.0600. The summed E-state index contributed by atoms with van der Waals surface area (Å²) in [5.74, 6) is -0.139. The average molecular weight is 432 g/mol. The Balaban J connectivity index is 1.53. The van der Waals surface area contributed by atoms with E-state index in [1.54, 1.807) is 29.2 Å². The minimum Gasteiger partial charge on any atom is -0.466 e. The van der Waals surface area contributed by atoms with Gasteiger partial charge in [-0.1, -0.05) is 0 Å². The van der Waals surface area contributed by atoms with Gasteiger partial charge in [-0.15, -0.1) is 0 Å². The SMILES string of the molecule is CCOC(=O)C1CCN(CC2CN(c3ccc(/C(N)=N\C(=O)OC)cc3)C(=O)O2)CC1. The van der Waals surface area contributed by atoms with E-state index < -0.39 is 12.2 Å². The number of aliphatic imine (C=N–C) groups is 1. The molecule has 0 aromatic heterocycles. The summed E-state index contributed by atoms with van der Waals surface area (Å²) in [4.78, 5) is 42.8. The van der Waals surface area contributed by atoms with E-state index in [0.29, 0.717) is 30.9 Å². The number of anilines is 1. The van der Waals surface area contributed by atoms with Crippen LogP contribution in [0.25, 0.3) is 0 Å². The first-order chi connectivity index (χ1) is 14.9. The maximum Gasteiger partial charge on any atom is 0.435 e. The number of piperidine rings is 1. The fraction of sp³-hybridized carbons (Fsp3) is 0.524. The first-order valence-corrected chi connectivity index (χ1v) is 10.3. The monoisotopic (exact) mass is 432 g/mol. The topological polar surface area (TPSA) is 124 Å². The largest absolute Gasteiger partial charge is 0.466 e. The first-order valence-electron chi connectivity index (χ1n) is 10.3. The highest BCUT2D eigenvalue weighted by Gasteiger charge is 2.35. The van der Waals surface area contributed by atoms with Gasteiger partial charge in [0.25, 0.3) is 0 Å². The maximum absolute atomic E-state index is 12.4. The molecule has 2 aliphatic heterocycles. The van der Waals surface area contributed by atoms with Crippen molar-refractivity contribution in [1.29, 1.82) is 0 Å². The quantitative estimate of drug-likeness (QED) is 0.312. The number of carbonyl (C=O) groups is 3. The molecule has 31 heavy (non-hydrogen) atoms. The molecule has 2 N–H and O–H groups in total. The van der Waals surface area contributed by atoms with Crippen molar-refractivity contribution in [1.82, 2.24) is 4.90 Å². The predicted molar refractivity (Wildman–Crippen MR) is 113 cm³/mol. The Morgan fingerprint density at radius 2 is 1.90 bits per heavy atom. The van der Waals surface area contributed by atoms with Crippen molar-refractivity contribution < 1.29 is 28.6 Å². The summed E-state index contributed by atoms with van der Waals surface area (Å²) in [6.45, 7) is 4.80. The fourth-order valence-electron chi connectivity index (χ4n) is 3.75. The lowest BCUT2D eigenvalue weighted by atomic mass is 9.97. The van der Waals surface area contributed by atoms with Crippen LogP contribution in [-0.4, -0.2) is 74.9 Å². The Labute approximate surface area is 180 Å². The Hall–Kier alpha value is -3.14. The molecule has 0 radical (unpaired) electrons. The highest BCUT2D eigenvalue weighted by Crippen LogP contribution is 2.24. The molecule has 2 heterocycles. The van der Waals surface area contributed by atoms with Crippen molar-refractivity contribution in [2.75, 3.05) is 44.8 Å². The second kappa shape index (κ2) is 10.3. The number of amides is 2. The third kappa shape index (κ3) is 5.72. The van der Waals surface area contributed by atoms with Crippen LogP contribution in [0.3, 0.4) is 0 Å². The molecule has 0 bridgehead atoms. The lowest BCUT2D eigenvalue weighted by molar-refractivity contribution is -0.149. The molecule has 1 aromatic rings. The Morgan fingerprint density at radius 1 is 1.23 bits per heavy atom. The van der Waals surface area contributed by atoms with Crippen molar-refractivity contribution in [3.8, 4) is 0 Å². The Morgan fingerprint density at radius 3 is 2.52 bits per heavy atom. The van der Waals surface area contributed by atoms with Crippen molar-refractivity contribution in [3.63, 3.8) is 0 Å². The number of methoxy groups -OCH3 is 1. The van der Waals surface area contributed by atoms with Crippen molar-refractivity contribution >= 4 is 29.7 Å². The van der Waals surface area contributed by atoms with Gasteiger partial charge in [0.1, 0.15) is 11.9 Å². The lowest BCUT2D eigenvalue weighted by Crippen LogP contribution is -2.41. The maximum atomic E-state index is 12.4. The van der Waals surface area contributed by atoms with Crippen molar-refractivity contribution in [2.45, 2.75) is 25.9 Å². The zero-order valence-corrected chi connectivity index (χ0v) is 17.8. The van der Waals surface area contributed by atoms with Gasteiger partial charge in [-0.3, -0.25) is 14.6 Å². The Kier molecular flexibility index (Phi) is 7.45.